The Balaban J connectivity index is 2.31. The Morgan fingerprint density at radius 3 is 2.58 bits per heavy atom. The maximum absolute atomic E-state index is 11.6. The van der Waals surface area contributed by atoms with Crippen molar-refractivity contribution in [2.45, 2.75) is 20.3 Å². The Bertz CT molecular complexity index is 291. The lowest BCUT2D eigenvalue weighted by Gasteiger charge is -2.29. The summed E-state index contributed by atoms with van der Waals surface area (Å²) in [4.78, 5) is 27.0. The number of carbonyl (C=O) groups is 2. The summed E-state index contributed by atoms with van der Waals surface area (Å²) in [5.74, 6) is -0.140. The van der Waals surface area contributed by atoms with Crippen LogP contribution in [-0.2, 0) is 14.3 Å². The Labute approximate surface area is 115 Å². The number of nitrogens with one attached hydrogen (secondary N) is 1. The number of ether oxygens (including phenoxy) is 1. The van der Waals surface area contributed by atoms with E-state index in [0.717, 1.165) is 39.3 Å². The summed E-state index contributed by atoms with van der Waals surface area (Å²) in [6, 6.07) is 0. The molecule has 0 aromatic heterocycles. The lowest BCUT2D eigenvalue weighted by atomic mass is 10.3. The zero-order valence-corrected chi connectivity index (χ0v) is 12.0. The molecule has 6 heteroatoms. The third-order valence-electron chi connectivity index (χ3n) is 3.14. The van der Waals surface area contributed by atoms with Gasteiger partial charge in [-0.2, -0.15) is 0 Å². The van der Waals surface area contributed by atoms with Crippen LogP contribution in [0.3, 0.4) is 0 Å². The van der Waals surface area contributed by atoms with Crippen LogP contribution in [-0.4, -0.2) is 74.1 Å². The standard InChI is InChI=1S/C13H25N3O3/c1-3-4-14-13(18)11-16(12(2)17)6-5-15-7-9-19-10-8-15/h3-11H2,1-2H3,(H,14,18). The highest BCUT2D eigenvalue weighted by Gasteiger charge is 2.16. The molecule has 1 heterocycles. The summed E-state index contributed by atoms with van der Waals surface area (Å²) in [5, 5.41) is 2.79. The summed E-state index contributed by atoms with van der Waals surface area (Å²) in [7, 11) is 0. The van der Waals surface area contributed by atoms with Crippen LogP contribution in [0.1, 0.15) is 20.3 Å². The molecule has 0 aromatic carbocycles. The monoisotopic (exact) mass is 271 g/mol. The Morgan fingerprint density at radius 1 is 1.32 bits per heavy atom. The molecule has 0 saturated carbocycles. The van der Waals surface area contributed by atoms with Gasteiger partial charge in [-0.25, -0.2) is 0 Å². The van der Waals surface area contributed by atoms with Crippen molar-refractivity contribution in [3.8, 4) is 0 Å². The fourth-order valence-electron chi connectivity index (χ4n) is 1.93. The van der Waals surface area contributed by atoms with Gasteiger partial charge in [-0.15, -0.1) is 0 Å². The molecule has 6 nitrogen and oxygen atoms in total. The van der Waals surface area contributed by atoms with Crippen molar-refractivity contribution in [2.75, 3.05) is 52.5 Å². The molecule has 1 aliphatic heterocycles. The second-order valence-electron chi connectivity index (χ2n) is 4.74. The molecule has 1 rings (SSSR count). The van der Waals surface area contributed by atoms with Gasteiger partial charge in [0.15, 0.2) is 0 Å². The van der Waals surface area contributed by atoms with Crippen molar-refractivity contribution in [3.05, 3.63) is 0 Å². The average Bonchev–Trinajstić information content (AvgIpc) is 2.42. The van der Waals surface area contributed by atoms with Crippen molar-refractivity contribution < 1.29 is 14.3 Å². The number of nitrogens with zero attached hydrogens (tertiary/aromatic N) is 2. The molecule has 0 spiro atoms. The van der Waals surface area contributed by atoms with Crippen molar-refractivity contribution in [1.29, 1.82) is 0 Å². The Hall–Kier alpha value is -1.14. The molecule has 2 amide bonds. The topological polar surface area (TPSA) is 61.9 Å². The third kappa shape index (κ3) is 6.54. The van der Waals surface area contributed by atoms with Gasteiger partial charge in [-0.3, -0.25) is 14.5 Å². The van der Waals surface area contributed by atoms with E-state index in [1.165, 1.54) is 6.92 Å². The second kappa shape index (κ2) is 8.87. The number of rotatable bonds is 7. The van der Waals surface area contributed by atoms with Crippen molar-refractivity contribution in [2.24, 2.45) is 0 Å². The van der Waals surface area contributed by atoms with Crippen LogP contribution < -0.4 is 5.32 Å². The first-order valence-corrected chi connectivity index (χ1v) is 6.95. The molecular formula is C13H25N3O3. The number of carbonyl (C=O) groups excluding carboxylic acids is 2. The molecule has 0 aromatic rings. The van der Waals surface area contributed by atoms with E-state index in [0.29, 0.717) is 13.1 Å². The van der Waals surface area contributed by atoms with Gasteiger partial charge < -0.3 is 15.0 Å². The highest BCUT2D eigenvalue weighted by atomic mass is 16.5. The van der Waals surface area contributed by atoms with E-state index in [1.54, 1.807) is 4.90 Å². The van der Waals surface area contributed by atoms with Gasteiger partial charge in [-0.05, 0) is 6.42 Å². The van der Waals surface area contributed by atoms with Crippen molar-refractivity contribution in [1.82, 2.24) is 15.1 Å². The van der Waals surface area contributed by atoms with Gasteiger partial charge >= 0.3 is 0 Å². The van der Waals surface area contributed by atoms with Gasteiger partial charge in [0.2, 0.25) is 11.8 Å². The Kier molecular flexibility index (Phi) is 7.43. The first-order chi connectivity index (χ1) is 9.13. The first kappa shape index (κ1) is 15.9. The fraction of sp³-hybridized carbons (Fsp3) is 0.846. The summed E-state index contributed by atoms with van der Waals surface area (Å²) < 4.78 is 5.28. The molecule has 19 heavy (non-hydrogen) atoms. The average molecular weight is 271 g/mol. The van der Waals surface area contributed by atoms with Crippen LogP contribution >= 0.6 is 0 Å². The first-order valence-electron chi connectivity index (χ1n) is 6.95. The predicted molar refractivity (Wildman–Crippen MR) is 72.8 cm³/mol. The summed E-state index contributed by atoms with van der Waals surface area (Å²) in [5.41, 5.74) is 0. The molecule has 0 aliphatic carbocycles. The summed E-state index contributed by atoms with van der Waals surface area (Å²) >= 11 is 0. The highest BCUT2D eigenvalue weighted by molar-refractivity contribution is 5.83. The smallest absolute Gasteiger partial charge is 0.239 e. The predicted octanol–water partition coefficient (Wildman–Crippen LogP) is -0.307. The van der Waals surface area contributed by atoms with Crippen molar-refractivity contribution in [3.63, 3.8) is 0 Å². The number of amides is 2. The SMILES string of the molecule is CCCNC(=O)CN(CCN1CCOCC1)C(C)=O. The van der Waals surface area contributed by atoms with Crippen LogP contribution in [0, 0.1) is 0 Å². The highest BCUT2D eigenvalue weighted by Crippen LogP contribution is 1.98. The zero-order chi connectivity index (χ0) is 14.1. The van der Waals surface area contributed by atoms with Crippen LogP contribution in [0.15, 0.2) is 0 Å². The van der Waals surface area contributed by atoms with E-state index in [9.17, 15) is 9.59 Å². The fourth-order valence-corrected chi connectivity index (χ4v) is 1.93. The third-order valence-corrected chi connectivity index (χ3v) is 3.14. The molecule has 0 unspecified atom stereocenters. The number of hydrogen-bond donors (Lipinski definition) is 1. The molecule has 0 radical (unpaired) electrons. The summed E-state index contributed by atoms with van der Waals surface area (Å²) in [6.45, 7) is 9.00. The minimum Gasteiger partial charge on any atom is -0.379 e. The lowest BCUT2D eigenvalue weighted by molar-refractivity contribution is -0.134. The van der Waals surface area contributed by atoms with Crippen LogP contribution in [0.2, 0.25) is 0 Å². The van der Waals surface area contributed by atoms with Crippen molar-refractivity contribution >= 4 is 11.8 Å². The van der Waals surface area contributed by atoms with E-state index >= 15 is 0 Å². The van der Waals surface area contributed by atoms with E-state index < -0.39 is 0 Å². The van der Waals surface area contributed by atoms with Gasteiger partial charge in [0.05, 0.1) is 19.8 Å². The Morgan fingerprint density at radius 2 is 2.00 bits per heavy atom. The van der Waals surface area contributed by atoms with Gasteiger partial charge in [0.1, 0.15) is 0 Å². The minimum atomic E-state index is -0.0842. The molecule has 1 fully saturated rings. The molecule has 1 aliphatic rings. The van der Waals surface area contributed by atoms with Crippen LogP contribution in [0.4, 0.5) is 0 Å². The molecular weight excluding hydrogens is 246 g/mol. The van der Waals surface area contributed by atoms with E-state index in [2.05, 4.69) is 10.2 Å². The molecule has 0 bridgehead atoms. The maximum atomic E-state index is 11.6. The van der Waals surface area contributed by atoms with Gasteiger partial charge in [0.25, 0.3) is 0 Å². The molecule has 1 N–H and O–H groups in total. The molecule has 0 atom stereocenters. The molecule has 1 saturated heterocycles. The lowest BCUT2D eigenvalue weighted by Crippen LogP contribution is -2.45. The van der Waals surface area contributed by atoms with Gasteiger partial charge in [0, 0.05) is 39.6 Å². The number of hydrogen-bond acceptors (Lipinski definition) is 4. The quantitative estimate of drug-likeness (QED) is 0.690. The van der Waals surface area contributed by atoms with Crippen LogP contribution in [0.5, 0.6) is 0 Å². The van der Waals surface area contributed by atoms with E-state index in [4.69, 9.17) is 4.74 Å². The van der Waals surface area contributed by atoms with E-state index in [-0.39, 0.29) is 18.4 Å². The second-order valence-corrected chi connectivity index (χ2v) is 4.74. The van der Waals surface area contributed by atoms with Crippen LogP contribution in [0.25, 0.3) is 0 Å². The largest absolute Gasteiger partial charge is 0.379 e. The molecule has 110 valence electrons. The van der Waals surface area contributed by atoms with E-state index in [1.807, 2.05) is 6.92 Å². The number of morpholine rings is 1. The zero-order valence-electron chi connectivity index (χ0n) is 12.0. The van der Waals surface area contributed by atoms with Gasteiger partial charge in [-0.1, -0.05) is 6.92 Å². The maximum Gasteiger partial charge on any atom is 0.239 e. The summed E-state index contributed by atoms with van der Waals surface area (Å²) in [6.07, 6.45) is 0.902. The minimum absolute atomic E-state index is 0.0556. The normalized spacial score (nSPS) is 16.1.